The molecule has 0 unspecified atom stereocenters. The van der Waals surface area contributed by atoms with E-state index in [2.05, 4.69) is 20.5 Å². The van der Waals surface area contributed by atoms with Gasteiger partial charge in [-0.1, -0.05) is 16.9 Å². The number of nitrogens with zero attached hydrogens (tertiary/aromatic N) is 8. The molecule has 178 valence electrons. The molecule has 0 saturated carbocycles. The summed E-state index contributed by atoms with van der Waals surface area (Å²) in [7, 11) is -3.73. The first kappa shape index (κ1) is 23.3. The van der Waals surface area contributed by atoms with Crippen molar-refractivity contribution in [3.05, 3.63) is 28.9 Å². The number of aromatic nitrogens is 6. The molecule has 1 fully saturated rings. The number of hydrogen-bond acceptors (Lipinski definition) is 10. The Morgan fingerprint density at radius 3 is 2.42 bits per heavy atom. The normalized spacial score (nSPS) is 15.3. The van der Waals surface area contributed by atoms with E-state index in [1.54, 1.807) is 23.4 Å². The molecule has 3 aromatic rings. The van der Waals surface area contributed by atoms with Gasteiger partial charge < -0.3 is 15.3 Å². The van der Waals surface area contributed by atoms with Crippen LogP contribution in [0.1, 0.15) is 22.8 Å². The van der Waals surface area contributed by atoms with Gasteiger partial charge in [-0.25, -0.2) is 17.8 Å². The molecule has 1 aliphatic heterocycles. The van der Waals surface area contributed by atoms with Crippen LogP contribution in [0.15, 0.2) is 20.6 Å². The van der Waals surface area contributed by atoms with Crippen molar-refractivity contribution >= 4 is 27.7 Å². The van der Waals surface area contributed by atoms with Gasteiger partial charge in [0.25, 0.3) is 5.95 Å². The average Bonchev–Trinajstić information content (AvgIpc) is 3.42. The van der Waals surface area contributed by atoms with E-state index in [0.717, 1.165) is 23.1 Å². The molecule has 0 aliphatic carbocycles. The Bertz CT molecular complexity index is 1270. The molecule has 0 atom stereocenters. The van der Waals surface area contributed by atoms with Crippen molar-refractivity contribution in [1.29, 1.82) is 0 Å². The Balaban J connectivity index is 1.35. The number of carbonyl (C=O) groups excluding carboxylic acids is 1. The maximum atomic E-state index is 12.9. The Morgan fingerprint density at radius 2 is 1.85 bits per heavy atom. The van der Waals surface area contributed by atoms with Gasteiger partial charge in [0.15, 0.2) is 5.76 Å². The molecule has 13 nitrogen and oxygen atoms in total. The second-order valence-corrected chi connectivity index (χ2v) is 10.5. The predicted octanol–water partition coefficient (Wildman–Crippen LogP) is 0.0245. The Hall–Kier alpha value is -2.91. The topological polar surface area (TPSA) is 158 Å². The molecule has 0 radical (unpaired) electrons. The number of rotatable bonds is 6. The second-order valence-electron chi connectivity index (χ2n) is 7.72. The van der Waals surface area contributed by atoms with Gasteiger partial charge in [-0.2, -0.15) is 9.40 Å². The zero-order valence-electron chi connectivity index (χ0n) is 18.7. The van der Waals surface area contributed by atoms with Gasteiger partial charge in [0, 0.05) is 31.9 Å². The zero-order valence-corrected chi connectivity index (χ0v) is 20.4. The SMILES string of the molecule is Cc1cc(C)n(-c2nnc(SCC(=O)N3CCN(S(=O)(=O)c4c(C)noc4C)CC3)n2N)n1. The molecule has 2 N–H and O–H groups in total. The largest absolute Gasteiger partial charge is 0.360 e. The highest BCUT2D eigenvalue weighted by molar-refractivity contribution is 7.99. The lowest BCUT2D eigenvalue weighted by molar-refractivity contribution is -0.129. The minimum atomic E-state index is -3.73. The van der Waals surface area contributed by atoms with Crippen LogP contribution in [-0.2, 0) is 14.8 Å². The van der Waals surface area contributed by atoms with Crippen molar-refractivity contribution in [3.8, 4) is 5.95 Å². The van der Waals surface area contributed by atoms with Crippen molar-refractivity contribution in [2.75, 3.05) is 37.8 Å². The third-order valence-electron chi connectivity index (χ3n) is 5.33. The number of nitrogens with two attached hydrogens (primary N) is 1. The monoisotopic (exact) mass is 495 g/mol. The maximum Gasteiger partial charge on any atom is 0.271 e. The molecule has 0 aromatic carbocycles. The van der Waals surface area contributed by atoms with Gasteiger partial charge in [0.05, 0.1) is 11.4 Å². The molecule has 0 spiro atoms. The summed E-state index contributed by atoms with van der Waals surface area (Å²) in [5.41, 5.74) is 2.02. The summed E-state index contributed by atoms with van der Waals surface area (Å²) in [5.74, 6) is 6.69. The van der Waals surface area contributed by atoms with E-state index >= 15 is 0 Å². The number of thioether (sulfide) groups is 1. The van der Waals surface area contributed by atoms with Gasteiger partial charge >= 0.3 is 0 Å². The van der Waals surface area contributed by atoms with Crippen LogP contribution < -0.4 is 5.84 Å². The Labute approximate surface area is 194 Å². The number of carbonyl (C=O) groups is 1. The van der Waals surface area contributed by atoms with E-state index in [-0.39, 0.29) is 48.5 Å². The van der Waals surface area contributed by atoms with E-state index in [1.165, 1.54) is 8.98 Å². The molecule has 4 heterocycles. The summed E-state index contributed by atoms with van der Waals surface area (Å²) in [6.45, 7) is 7.88. The van der Waals surface area contributed by atoms with E-state index in [0.29, 0.717) is 16.8 Å². The fourth-order valence-electron chi connectivity index (χ4n) is 3.71. The lowest BCUT2D eigenvalue weighted by Crippen LogP contribution is -2.51. The van der Waals surface area contributed by atoms with E-state index in [4.69, 9.17) is 10.4 Å². The molecule has 15 heteroatoms. The number of nitrogen functional groups attached to an aromatic ring is 1. The molecular weight excluding hydrogens is 470 g/mol. The lowest BCUT2D eigenvalue weighted by atomic mass is 10.3. The second kappa shape index (κ2) is 8.79. The van der Waals surface area contributed by atoms with Crippen LogP contribution in [0.3, 0.4) is 0 Å². The van der Waals surface area contributed by atoms with Crippen molar-refractivity contribution in [3.63, 3.8) is 0 Å². The molecule has 3 aromatic heterocycles. The summed E-state index contributed by atoms with van der Waals surface area (Å²) in [6.07, 6.45) is 0. The summed E-state index contributed by atoms with van der Waals surface area (Å²) in [5, 5.41) is 16.6. The van der Waals surface area contributed by atoms with Crippen LogP contribution >= 0.6 is 11.8 Å². The van der Waals surface area contributed by atoms with E-state index < -0.39 is 10.0 Å². The van der Waals surface area contributed by atoms with Gasteiger partial charge in [-0.3, -0.25) is 4.79 Å². The van der Waals surface area contributed by atoms with Crippen molar-refractivity contribution in [1.82, 2.24) is 39.0 Å². The minimum absolute atomic E-state index is 0.0959. The van der Waals surface area contributed by atoms with Crippen molar-refractivity contribution in [2.24, 2.45) is 0 Å². The average molecular weight is 496 g/mol. The molecule has 1 amide bonds. The van der Waals surface area contributed by atoms with Crippen molar-refractivity contribution in [2.45, 2.75) is 37.7 Å². The first-order valence-electron chi connectivity index (χ1n) is 10.2. The lowest BCUT2D eigenvalue weighted by Gasteiger charge is -2.33. The summed E-state index contributed by atoms with van der Waals surface area (Å²) < 4.78 is 35.1. The third kappa shape index (κ3) is 4.35. The molecule has 1 saturated heterocycles. The molecular formula is C18H25N9O4S2. The van der Waals surface area contributed by atoms with Gasteiger partial charge in [-0.15, -0.1) is 10.2 Å². The van der Waals surface area contributed by atoms with Gasteiger partial charge in [0.2, 0.25) is 21.1 Å². The summed E-state index contributed by atoms with van der Waals surface area (Å²) in [6, 6.07) is 1.90. The fourth-order valence-corrected chi connectivity index (χ4v) is 6.18. The van der Waals surface area contributed by atoms with Crippen molar-refractivity contribution < 1.29 is 17.7 Å². The van der Waals surface area contributed by atoms with Crippen LogP contribution in [0.4, 0.5) is 0 Å². The zero-order chi connectivity index (χ0) is 23.9. The quantitative estimate of drug-likeness (QED) is 0.365. The fraction of sp³-hybridized carbons (Fsp3) is 0.500. The molecule has 1 aliphatic rings. The van der Waals surface area contributed by atoms with E-state index in [1.807, 2.05) is 19.9 Å². The highest BCUT2D eigenvalue weighted by atomic mass is 32.2. The van der Waals surface area contributed by atoms with Crippen LogP contribution in [0.25, 0.3) is 5.95 Å². The van der Waals surface area contributed by atoms with Gasteiger partial charge in [0.1, 0.15) is 10.6 Å². The number of hydrogen-bond donors (Lipinski definition) is 1. The summed E-state index contributed by atoms with van der Waals surface area (Å²) in [4.78, 5) is 14.4. The molecule has 0 bridgehead atoms. The number of sulfonamides is 1. The first-order valence-corrected chi connectivity index (χ1v) is 12.6. The number of piperazine rings is 1. The summed E-state index contributed by atoms with van der Waals surface area (Å²) >= 11 is 1.16. The molecule has 33 heavy (non-hydrogen) atoms. The van der Waals surface area contributed by atoms with Gasteiger partial charge in [-0.05, 0) is 33.8 Å². The Kier molecular flexibility index (Phi) is 6.20. The Morgan fingerprint density at radius 1 is 1.15 bits per heavy atom. The number of aryl methyl sites for hydroxylation is 4. The van der Waals surface area contributed by atoms with Crippen LogP contribution in [0.5, 0.6) is 0 Å². The number of amides is 1. The van der Waals surface area contributed by atoms with Crippen LogP contribution in [0.2, 0.25) is 0 Å². The maximum absolute atomic E-state index is 12.9. The third-order valence-corrected chi connectivity index (χ3v) is 8.40. The highest BCUT2D eigenvalue weighted by Gasteiger charge is 2.34. The van der Waals surface area contributed by atoms with Crippen LogP contribution in [-0.4, -0.2) is 85.3 Å². The first-order chi connectivity index (χ1) is 15.6. The smallest absolute Gasteiger partial charge is 0.271 e. The molecule has 4 rings (SSSR count). The highest BCUT2D eigenvalue weighted by Crippen LogP contribution is 2.24. The predicted molar refractivity (Wildman–Crippen MR) is 119 cm³/mol. The standard InChI is InChI=1S/C18H25N9O4S2/c1-11-9-12(2)27(22-11)17-20-21-18(26(17)19)32-10-15(28)24-5-7-25(8-6-24)33(29,30)16-13(3)23-31-14(16)4/h9H,5-8,10,19H2,1-4H3. The van der Waals surface area contributed by atoms with E-state index in [9.17, 15) is 13.2 Å². The van der Waals surface area contributed by atoms with Crippen LogP contribution in [0, 0.1) is 27.7 Å². The minimum Gasteiger partial charge on any atom is -0.360 e.